The fourth-order valence-corrected chi connectivity index (χ4v) is 2.72. The van der Waals surface area contributed by atoms with Crippen LogP contribution in [0, 0.1) is 11.3 Å². The average molecular weight is 344 g/mol. The van der Waals surface area contributed by atoms with Crippen molar-refractivity contribution in [2.75, 3.05) is 11.4 Å². The molecule has 0 bridgehead atoms. The van der Waals surface area contributed by atoms with Crippen molar-refractivity contribution in [1.82, 2.24) is 4.98 Å². The molecule has 24 heavy (non-hydrogen) atoms. The van der Waals surface area contributed by atoms with Gasteiger partial charge in [0.05, 0.1) is 17.5 Å². The van der Waals surface area contributed by atoms with E-state index in [2.05, 4.69) is 4.98 Å². The summed E-state index contributed by atoms with van der Waals surface area (Å²) in [7, 11) is 0. The molecule has 0 saturated heterocycles. The van der Waals surface area contributed by atoms with Crippen LogP contribution in [0.3, 0.4) is 0 Å². The van der Waals surface area contributed by atoms with Crippen LogP contribution in [-0.2, 0) is 5.41 Å². The molecule has 124 valence electrons. The van der Waals surface area contributed by atoms with Gasteiger partial charge in [-0.05, 0) is 12.1 Å². The van der Waals surface area contributed by atoms with Crippen molar-refractivity contribution in [2.45, 2.75) is 26.2 Å². The Morgan fingerprint density at radius 3 is 2.50 bits per heavy atom. The molecule has 1 heterocycles. The van der Waals surface area contributed by atoms with Crippen molar-refractivity contribution < 1.29 is 9.90 Å². The van der Waals surface area contributed by atoms with Crippen molar-refractivity contribution in [3.05, 3.63) is 47.2 Å². The first kappa shape index (κ1) is 17.8. The molecule has 6 heteroatoms. The number of nitriles is 1. The molecule has 0 spiro atoms. The minimum absolute atomic E-state index is 0.290. The second kappa shape index (κ2) is 6.90. The molecule has 2 aromatic rings. The number of carboxylic acid groups (broad SMARTS) is 1. The van der Waals surface area contributed by atoms with Gasteiger partial charge in [-0.3, -0.25) is 9.88 Å². The first-order valence-corrected chi connectivity index (χ1v) is 7.77. The minimum atomic E-state index is -1.21. The van der Waals surface area contributed by atoms with Crippen LogP contribution >= 0.6 is 11.6 Å². The van der Waals surface area contributed by atoms with E-state index in [1.54, 1.807) is 18.3 Å². The van der Waals surface area contributed by atoms with Crippen LogP contribution in [0.25, 0.3) is 11.1 Å². The summed E-state index contributed by atoms with van der Waals surface area (Å²) in [5.74, 6) is 0. The van der Waals surface area contributed by atoms with Gasteiger partial charge in [-0.15, -0.1) is 0 Å². The standard InChI is InChI=1S/C18H18ClN3O2/c1-18(2,3)16-15(22(11-9-20)17(23)24)13(8-10-21-16)12-6-4-5-7-14(12)19/h4-8,10H,11H2,1-3H3,(H,23,24). The second-order valence-electron chi connectivity index (χ2n) is 6.31. The molecule has 0 atom stereocenters. The Balaban J connectivity index is 2.84. The number of nitrogens with zero attached hydrogens (tertiary/aromatic N) is 3. The van der Waals surface area contributed by atoms with E-state index in [0.29, 0.717) is 27.5 Å². The third-order valence-corrected chi connectivity index (χ3v) is 3.86. The maximum absolute atomic E-state index is 11.8. The Kier molecular flexibility index (Phi) is 5.10. The van der Waals surface area contributed by atoms with Gasteiger partial charge in [0, 0.05) is 27.8 Å². The number of hydrogen-bond donors (Lipinski definition) is 1. The summed E-state index contributed by atoms with van der Waals surface area (Å²) in [5, 5.41) is 19.2. The molecule has 1 aromatic heterocycles. The Hall–Kier alpha value is -2.58. The minimum Gasteiger partial charge on any atom is -0.465 e. The monoisotopic (exact) mass is 343 g/mol. The van der Waals surface area contributed by atoms with Crippen LogP contribution in [-0.4, -0.2) is 22.7 Å². The number of rotatable bonds is 3. The van der Waals surface area contributed by atoms with Gasteiger partial charge in [0.2, 0.25) is 0 Å². The SMILES string of the molecule is CC(C)(C)c1nccc(-c2ccccc2Cl)c1N(CC#N)C(=O)O. The molecule has 0 radical (unpaired) electrons. The third-order valence-electron chi connectivity index (χ3n) is 3.53. The van der Waals surface area contributed by atoms with E-state index >= 15 is 0 Å². The lowest BCUT2D eigenvalue weighted by atomic mass is 9.87. The van der Waals surface area contributed by atoms with Crippen LogP contribution in [0.5, 0.6) is 0 Å². The lowest BCUT2D eigenvalue weighted by Crippen LogP contribution is -2.33. The van der Waals surface area contributed by atoms with Crippen LogP contribution in [0.2, 0.25) is 5.02 Å². The number of hydrogen-bond acceptors (Lipinski definition) is 3. The summed E-state index contributed by atoms with van der Waals surface area (Å²) in [4.78, 5) is 17.2. The van der Waals surface area contributed by atoms with Crippen molar-refractivity contribution in [3.8, 4) is 17.2 Å². The quantitative estimate of drug-likeness (QED) is 0.819. The smallest absolute Gasteiger partial charge is 0.412 e. The molecule has 5 nitrogen and oxygen atoms in total. The zero-order valence-corrected chi connectivity index (χ0v) is 14.5. The fourth-order valence-electron chi connectivity index (χ4n) is 2.49. The number of amides is 1. The van der Waals surface area contributed by atoms with Crippen LogP contribution in [0.15, 0.2) is 36.5 Å². The Bertz CT molecular complexity index is 807. The van der Waals surface area contributed by atoms with Crippen molar-refractivity contribution in [1.29, 1.82) is 5.26 Å². The summed E-state index contributed by atoms with van der Waals surface area (Å²) in [6, 6.07) is 10.8. The highest BCUT2D eigenvalue weighted by Gasteiger charge is 2.29. The van der Waals surface area contributed by atoms with Gasteiger partial charge in [0.15, 0.2) is 0 Å². The summed E-state index contributed by atoms with van der Waals surface area (Å²) in [6.07, 6.45) is 0.429. The maximum atomic E-state index is 11.8. The highest BCUT2D eigenvalue weighted by atomic mass is 35.5. The lowest BCUT2D eigenvalue weighted by Gasteiger charge is -2.28. The number of aromatic nitrogens is 1. The van der Waals surface area contributed by atoms with E-state index in [-0.39, 0.29) is 6.54 Å². The van der Waals surface area contributed by atoms with Gasteiger partial charge in [-0.25, -0.2) is 4.79 Å². The Morgan fingerprint density at radius 1 is 1.29 bits per heavy atom. The van der Waals surface area contributed by atoms with Crippen molar-refractivity contribution in [2.24, 2.45) is 0 Å². The maximum Gasteiger partial charge on any atom is 0.412 e. The summed E-state index contributed by atoms with van der Waals surface area (Å²) < 4.78 is 0. The summed E-state index contributed by atoms with van der Waals surface area (Å²) in [5.41, 5.74) is 1.92. The van der Waals surface area contributed by atoms with E-state index in [4.69, 9.17) is 16.9 Å². The Labute approximate surface area is 146 Å². The normalized spacial score (nSPS) is 11.0. The number of carbonyl (C=O) groups is 1. The Morgan fingerprint density at radius 2 is 1.96 bits per heavy atom. The molecule has 0 unspecified atom stereocenters. The zero-order valence-electron chi connectivity index (χ0n) is 13.7. The predicted octanol–water partition coefficient (Wildman–Crippen LogP) is 4.71. The van der Waals surface area contributed by atoms with Crippen molar-refractivity contribution in [3.63, 3.8) is 0 Å². The average Bonchev–Trinajstić information content (AvgIpc) is 2.51. The van der Waals surface area contributed by atoms with Crippen molar-refractivity contribution >= 4 is 23.4 Å². The first-order chi connectivity index (χ1) is 11.3. The number of anilines is 1. The van der Waals surface area contributed by atoms with Gasteiger partial charge in [0.25, 0.3) is 0 Å². The van der Waals surface area contributed by atoms with Gasteiger partial charge >= 0.3 is 6.09 Å². The van der Waals surface area contributed by atoms with Gasteiger partial charge in [-0.2, -0.15) is 5.26 Å². The molecule has 1 aromatic carbocycles. The van der Waals surface area contributed by atoms with Crippen LogP contribution in [0.1, 0.15) is 26.5 Å². The molecule has 0 aliphatic heterocycles. The first-order valence-electron chi connectivity index (χ1n) is 7.39. The molecular formula is C18H18ClN3O2. The van der Waals surface area contributed by atoms with E-state index in [1.165, 1.54) is 0 Å². The molecule has 0 saturated carbocycles. The summed E-state index contributed by atoms with van der Waals surface area (Å²) >= 11 is 6.31. The topological polar surface area (TPSA) is 77.2 Å². The number of benzene rings is 1. The molecule has 1 amide bonds. The van der Waals surface area contributed by atoms with Gasteiger partial charge in [-0.1, -0.05) is 50.6 Å². The third kappa shape index (κ3) is 3.50. The molecule has 1 N–H and O–H groups in total. The van der Waals surface area contributed by atoms with Crippen LogP contribution in [0.4, 0.5) is 10.5 Å². The van der Waals surface area contributed by atoms with Crippen LogP contribution < -0.4 is 4.90 Å². The van der Waals surface area contributed by atoms with E-state index in [0.717, 1.165) is 4.90 Å². The van der Waals surface area contributed by atoms with E-state index in [9.17, 15) is 9.90 Å². The largest absolute Gasteiger partial charge is 0.465 e. The highest BCUT2D eigenvalue weighted by Crippen LogP contribution is 2.40. The second-order valence-corrected chi connectivity index (χ2v) is 6.72. The van der Waals surface area contributed by atoms with E-state index < -0.39 is 11.5 Å². The number of halogens is 1. The molecule has 0 fully saturated rings. The lowest BCUT2D eigenvalue weighted by molar-refractivity contribution is 0.202. The van der Waals surface area contributed by atoms with Gasteiger partial charge < -0.3 is 5.11 Å². The molecule has 2 rings (SSSR count). The highest BCUT2D eigenvalue weighted by molar-refractivity contribution is 6.33. The predicted molar refractivity (Wildman–Crippen MR) is 94.4 cm³/mol. The number of pyridine rings is 1. The summed E-state index contributed by atoms with van der Waals surface area (Å²) in [6.45, 7) is 5.55. The molecule has 0 aliphatic carbocycles. The molecule has 0 aliphatic rings. The zero-order chi connectivity index (χ0) is 17.9. The molecular weight excluding hydrogens is 326 g/mol. The fraction of sp³-hybridized carbons (Fsp3) is 0.278. The van der Waals surface area contributed by atoms with Gasteiger partial charge in [0.1, 0.15) is 6.54 Å². The van der Waals surface area contributed by atoms with E-state index in [1.807, 2.05) is 45.0 Å².